The molecule has 0 aromatic heterocycles. The minimum atomic E-state index is -0.408. The SMILES string of the molecule is Br.NC(=O)CN1CCCNCCN(CC(N)=O)CCN(CC(N)=O)CC1. The first-order valence-electron chi connectivity index (χ1n) is 8.59. The van der Waals surface area contributed by atoms with Crippen LogP contribution in [0.5, 0.6) is 0 Å². The van der Waals surface area contributed by atoms with E-state index in [1.807, 2.05) is 14.7 Å². The molecule has 0 aromatic rings. The number of primary amides is 3. The monoisotopic (exact) mass is 437 g/mol. The van der Waals surface area contributed by atoms with Crippen LogP contribution in [0.3, 0.4) is 0 Å². The van der Waals surface area contributed by atoms with E-state index in [1.165, 1.54) is 0 Å². The molecule has 152 valence electrons. The molecule has 1 saturated heterocycles. The van der Waals surface area contributed by atoms with Crippen LogP contribution in [-0.2, 0) is 14.4 Å². The van der Waals surface area contributed by atoms with E-state index in [-0.39, 0.29) is 48.4 Å². The predicted molar refractivity (Wildman–Crippen MR) is 105 cm³/mol. The van der Waals surface area contributed by atoms with Crippen LogP contribution < -0.4 is 22.5 Å². The standard InChI is InChI=1S/C15H31N7O3.BrH/c16-13(23)10-20-4-1-2-19-3-5-21(11-14(17)24)7-9-22(8-6-20)12-15(18)25;/h19H,1-12H2,(H2,16,23)(H2,17,24)(H2,18,25);1H. The number of hydrogen-bond acceptors (Lipinski definition) is 7. The zero-order valence-electron chi connectivity index (χ0n) is 15.2. The fourth-order valence-corrected chi connectivity index (χ4v) is 2.83. The maximum Gasteiger partial charge on any atom is 0.231 e. The largest absolute Gasteiger partial charge is 0.369 e. The number of nitrogens with one attached hydrogen (secondary N) is 1. The summed E-state index contributed by atoms with van der Waals surface area (Å²) >= 11 is 0. The van der Waals surface area contributed by atoms with Crippen molar-refractivity contribution in [2.24, 2.45) is 17.2 Å². The first kappa shape index (κ1) is 24.7. The number of amides is 3. The van der Waals surface area contributed by atoms with Crippen LogP contribution in [-0.4, -0.2) is 104 Å². The summed E-state index contributed by atoms with van der Waals surface area (Å²) in [6.07, 6.45) is 0.874. The molecule has 0 aromatic carbocycles. The molecule has 26 heavy (non-hydrogen) atoms. The molecule has 0 saturated carbocycles. The number of nitrogens with zero attached hydrogens (tertiary/aromatic N) is 3. The van der Waals surface area contributed by atoms with Gasteiger partial charge in [-0.05, 0) is 19.5 Å². The molecule has 0 spiro atoms. The predicted octanol–water partition coefficient (Wildman–Crippen LogP) is -3.08. The van der Waals surface area contributed by atoms with E-state index in [0.29, 0.717) is 32.7 Å². The van der Waals surface area contributed by atoms with Crippen molar-refractivity contribution in [3.05, 3.63) is 0 Å². The van der Waals surface area contributed by atoms with Gasteiger partial charge in [-0.15, -0.1) is 17.0 Å². The Morgan fingerprint density at radius 3 is 1.46 bits per heavy atom. The van der Waals surface area contributed by atoms with Crippen LogP contribution in [0, 0.1) is 0 Å². The van der Waals surface area contributed by atoms with Crippen molar-refractivity contribution in [2.45, 2.75) is 6.42 Å². The van der Waals surface area contributed by atoms with Gasteiger partial charge in [0, 0.05) is 39.3 Å². The van der Waals surface area contributed by atoms with E-state index in [0.717, 1.165) is 26.1 Å². The summed E-state index contributed by atoms with van der Waals surface area (Å²) in [7, 11) is 0. The van der Waals surface area contributed by atoms with Crippen molar-refractivity contribution < 1.29 is 14.4 Å². The summed E-state index contributed by atoms with van der Waals surface area (Å²) in [5, 5.41) is 3.32. The Hall–Kier alpha value is -1.27. The van der Waals surface area contributed by atoms with Gasteiger partial charge < -0.3 is 22.5 Å². The second-order valence-electron chi connectivity index (χ2n) is 6.33. The van der Waals surface area contributed by atoms with E-state index in [4.69, 9.17) is 17.2 Å². The Morgan fingerprint density at radius 1 is 0.654 bits per heavy atom. The number of halogens is 1. The summed E-state index contributed by atoms with van der Waals surface area (Å²) in [4.78, 5) is 39.6. The second kappa shape index (κ2) is 13.9. The van der Waals surface area contributed by atoms with Gasteiger partial charge in [-0.1, -0.05) is 0 Å². The summed E-state index contributed by atoms with van der Waals surface area (Å²) < 4.78 is 0. The fourth-order valence-electron chi connectivity index (χ4n) is 2.83. The Balaban J connectivity index is 0.00000625. The Kier molecular flexibility index (Phi) is 13.2. The molecule has 1 fully saturated rings. The topological polar surface area (TPSA) is 151 Å². The summed E-state index contributed by atoms with van der Waals surface area (Å²) in [5.41, 5.74) is 15.9. The van der Waals surface area contributed by atoms with Crippen molar-refractivity contribution in [1.82, 2.24) is 20.0 Å². The van der Waals surface area contributed by atoms with Crippen molar-refractivity contribution in [3.63, 3.8) is 0 Å². The van der Waals surface area contributed by atoms with E-state index < -0.39 is 5.91 Å². The fraction of sp³-hybridized carbons (Fsp3) is 0.800. The van der Waals surface area contributed by atoms with Gasteiger partial charge in [0.05, 0.1) is 19.6 Å². The number of carbonyl (C=O) groups is 3. The first-order chi connectivity index (χ1) is 11.9. The van der Waals surface area contributed by atoms with Crippen molar-refractivity contribution in [1.29, 1.82) is 0 Å². The maximum absolute atomic E-state index is 11.3. The molecule has 1 heterocycles. The van der Waals surface area contributed by atoms with Crippen LogP contribution in [0.15, 0.2) is 0 Å². The van der Waals surface area contributed by atoms with Crippen LogP contribution in [0.1, 0.15) is 6.42 Å². The highest BCUT2D eigenvalue weighted by molar-refractivity contribution is 8.93. The van der Waals surface area contributed by atoms with Crippen LogP contribution >= 0.6 is 17.0 Å². The van der Waals surface area contributed by atoms with Crippen LogP contribution in [0.4, 0.5) is 0 Å². The molecule has 3 amide bonds. The smallest absolute Gasteiger partial charge is 0.231 e. The van der Waals surface area contributed by atoms with Gasteiger partial charge in [0.1, 0.15) is 0 Å². The molecule has 0 unspecified atom stereocenters. The zero-order valence-corrected chi connectivity index (χ0v) is 16.9. The first-order valence-corrected chi connectivity index (χ1v) is 8.59. The molecular weight excluding hydrogens is 406 g/mol. The van der Waals surface area contributed by atoms with Crippen molar-refractivity contribution in [2.75, 3.05) is 72.0 Å². The lowest BCUT2D eigenvalue weighted by molar-refractivity contribution is -0.121. The second-order valence-corrected chi connectivity index (χ2v) is 6.33. The average molecular weight is 438 g/mol. The molecule has 0 atom stereocenters. The van der Waals surface area contributed by atoms with E-state index in [9.17, 15) is 14.4 Å². The minimum absolute atomic E-state index is 0. The molecular formula is C15H32BrN7O3. The highest BCUT2D eigenvalue weighted by Gasteiger charge is 2.16. The summed E-state index contributed by atoms with van der Waals surface area (Å²) in [6.45, 7) is 5.88. The van der Waals surface area contributed by atoms with Gasteiger partial charge in [-0.3, -0.25) is 29.1 Å². The number of hydrogen-bond donors (Lipinski definition) is 4. The Bertz CT molecular complexity index is 421. The van der Waals surface area contributed by atoms with Crippen molar-refractivity contribution in [3.8, 4) is 0 Å². The normalized spacial score (nSPS) is 19.4. The summed E-state index contributed by atoms with van der Waals surface area (Å²) in [5.74, 6) is -1.15. The average Bonchev–Trinajstić information content (AvgIpc) is 2.51. The van der Waals surface area contributed by atoms with Gasteiger partial charge in [-0.25, -0.2) is 0 Å². The zero-order chi connectivity index (χ0) is 18.7. The quantitative estimate of drug-likeness (QED) is 0.343. The molecule has 1 rings (SSSR count). The van der Waals surface area contributed by atoms with Gasteiger partial charge in [0.15, 0.2) is 0 Å². The van der Waals surface area contributed by atoms with Gasteiger partial charge >= 0.3 is 0 Å². The lowest BCUT2D eigenvalue weighted by Crippen LogP contribution is -2.46. The highest BCUT2D eigenvalue weighted by atomic mass is 79.9. The van der Waals surface area contributed by atoms with Crippen LogP contribution in [0.2, 0.25) is 0 Å². The molecule has 0 radical (unpaired) electrons. The Morgan fingerprint density at radius 2 is 1.04 bits per heavy atom. The molecule has 11 heteroatoms. The highest BCUT2D eigenvalue weighted by Crippen LogP contribution is 1.98. The van der Waals surface area contributed by atoms with E-state index in [1.54, 1.807) is 0 Å². The molecule has 7 N–H and O–H groups in total. The minimum Gasteiger partial charge on any atom is -0.369 e. The van der Waals surface area contributed by atoms with E-state index in [2.05, 4.69) is 5.32 Å². The van der Waals surface area contributed by atoms with Crippen LogP contribution in [0.25, 0.3) is 0 Å². The molecule has 0 aliphatic carbocycles. The molecule has 1 aliphatic rings. The lowest BCUT2D eigenvalue weighted by Gasteiger charge is -2.28. The number of nitrogens with two attached hydrogens (primary N) is 3. The van der Waals surface area contributed by atoms with Gasteiger partial charge in [-0.2, -0.15) is 0 Å². The third-order valence-electron chi connectivity index (χ3n) is 4.04. The van der Waals surface area contributed by atoms with Crippen molar-refractivity contribution >= 4 is 34.7 Å². The molecule has 10 nitrogen and oxygen atoms in total. The summed E-state index contributed by atoms with van der Waals surface area (Å²) in [6, 6.07) is 0. The number of carbonyl (C=O) groups excluding carboxylic acids is 3. The third-order valence-corrected chi connectivity index (χ3v) is 4.04. The van der Waals surface area contributed by atoms with E-state index >= 15 is 0 Å². The molecule has 1 aliphatic heterocycles. The van der Waals surface area contributed by atoms with Gasteiger partial charge in [0.25, 0.3) is 0 Å². The third kappa shape index (κ3) is 12.1. The Labute approximate surface area is 165 Å². The van der Waals surface area contributed by atoms with Gasteiger partial charge in [0.2, 0.25) is 17.7 Å². The lowest BCUT2D eigenvalue weighted by atomic mass is 10.3. The maximum atomic E-state index is 11.3. The molecule has 0 bridgehead atoms. The number of rotatable bonds is 6.